The molecule has 1 aromatic heterocycles. The van der Waals surface area contributed by atoms with E-state index in [1.807, 2.05) is 0 Å². The van der Waals surface area contributed by atoms with E-state index in [0.717, 1.165) is 11.3 Å². The Morgan fingerprint density at radius 1 is 1.37 bits per heavy atom. The Hall–Kier alpha value is -2.48. The lowest BCUT2D eigenvalue weighted by Crippen LogP contribution is -2.42. The first kappa shape index (κ1) is 11.6. The highest BCUT2D eigenvalue weighted by atomic mass is 32.1. The summed E-state index contributed by atoms with van der Waals surface area (Å²) < 4.78 is 0. The minimum absolute atomic E-state index is 0.0463. The van der Waals surface area contributed by atoms with Crippen LogP contribution in [-0.4, -0.2) is 28.6 Å². The molecule has 8 heteroatoms. The van der Waals surface area contributed by atoms with Gasteiger partial charge in [0.25, 0.3) is 5.91 Å². The van der Waals surface area contributed by atoms with Gasteiger partial charge in [0.1, 0.15) is 6.54 Å². The fourth-order valence-corrected chi connectivity index (χ4v) is 2.41. The van der Waals surface area contributed by atoms with Gasteiger partial charge in [0, 0.05) is 0 Å². The monoisotopic (exact) mass is 275 g/mol. The number of nitrogen functional groups attached to an aromatic ring is 1. The summed E-state index contributed by atoms with van der Waals surface area (Å²) in [6.45, 7) is -0.0463. The number of nitrogens with two attached hydrogens (primary N) is 1. The largest absolute Gasteiger partial charge is 0.374 e. The van der Waals surface area contributed by atoms with Gasteiger partial charge < -0.3 is 11.1 Å². The summed E-state index contributed by atoms with van der Waals surface area (Å²) >= 11 is 0.998. The van der Waals surface area contributed by atoms with Gasteiger partial charge >= 0.3 is 0 Å². The molecule has 3 N–H and O–H groups in total. The Morgan fingerprint density at radius 3 is 2.89 bits per heavy atom. The maximum Gasteiger partial charge on any atom is 0.289 e. The standard InChI is InChI=1S/C11H9N5O2S/c12-11-15-14-9(19-11)10(18)16-5-8(17)13-6-3-1-2-4-7(6)16/h1-4H,5H2,(H2,12,15)(H,13,17). The second-order valence-corrected chi connectivity index (χ2v) is 4.91. The van der Waals surface area contributed by atoms with E-state index in [0.29, 0.717) is 11.4 Å². The SMILES string of the molecule is Nc1nnc(C(=O)N2CC(=O)Nc3ccccc32)s1. The molecule has 7 nitrogen and oxygen atoms in total. The van der Waals surface area contributed by atoms with E-state index in [1.54, 1.807) is 24.3 Å². The predicted molar refractivity (Wildman–Crippen MR) is 71.1 cm³/mol. The average Bonchev–Trinajstić information content (AvgIpc) is 2.83. The molecule has 0 unspecified atom stereocenters. The van der Waals surface area contributed by atoms with Crippen LogP contribution >= 0.6 is 11.3 Å². The first-order valence-electron chi connectivity index (χ1n) is 5.45. The number of carbonyl (C=O) groups is 2. The number of para-hydroxylation sites is 2. The lowest BCUT2D eigenvalue weighted by atomic mass is 10.2. The fraction of sp³-hybridized carbons (Fsp3) is 0.0909. The summed E-state index contributed by atoms with van der Waals surface area (Å²) in [5.74, 6) is -0.624. The molecule has 2 heterocycles. The van der Waals surface area contributed by atoms with Crippen LogP contribution in [0, 0.1) is 0 Å². The highest BCUT2D eigenvalue weighted by Crippen LogP contribution is 2.30. The highest BCUT2D eigenvalue weighted by Gasteiger charge is 2.29. The van der Waals surface area contributed by atoms with Gasteiger partial charge in [-0.15, -0.1) is 10.2 Å². The normalized spacial score (nSPS) is 13.9. The van der Waals surface area contributed by atoms with E-state index >= 15 is 0 Å². The van der Waals surface area contributed by atoms with E-state index in [1.165, 1.54) is 4.90 Å². The lowest BCUT2D eigenvalue weighted by molar-refractivity contribution is -0.115. The van der Waals surface area contributed by atoms with Gasteiger partial charge in [-0.25, -0.2) is 0 Å². The van der Waals surface area contributed by atoms with Crippen LogP contribution in [0.25, 0.3) is 0 Å². The fourth-order valence-electron chi connectivity index (χ4n) is 1.85. The van der Waals surface area contributed by atoms with Crippen LogP contribution in [0.3, 0.4) is 0 Å². The molecule has 1 aromatic carbocycles. The van der Waals surface area contributed by atoms with Crippen molar-refractivity contribution in [3.63, 3.8) is 0 Å². The third kappa shape index (κ3) is 2.02. The molecule has 2 aromatic rings. The molecule has 0 fully saturated rings. The van der Waals surface area contributed by atoms with Crippen LogP contribution in [0.1, 0.15) is 9.80 Å². The van der Waals surface area contributed by atoms with Crippen molar-refractivity contribution in [2.75, 3.05) is 22.5 Å². The Bertz CT molecular complexity index is 669. The molecule has 2 amide bonds. The molecule has 0 aliphatic carbocycles. The molecule has 0 saturated heterocycles. The van der Waals surface area contributed by atoms with E-state index in [4.69, 9.17) is 5.73 Å². The van der Waals surface area contributed by atoms with Crippen LogP contribution < -0.4 is 16.0 Å². The van der Waals surface area contributed by atoms with Gasteiger partial charge in [0.05, 0.1) is 11.4 Å². The van der Waals surface area contributed by atoms with Crippen molar-refractivity contribution in [3.8, 4) is 0 Å². The molecule has 19 heavy (non-hydrogen) atoms. The van der Waals surface area contributed by atoms with Gasteiger partial charge in [-0.05, 0) is 12.1 Å². The van der Waals surface area contributed by atoms with E-state index < -0.39 is 0 Å². The number of hydrogen-bond acceptors (Lipinski definition) is 6. The summed E-state index contributed by atoms with van der Waals surface area (Å²) in [5, 5.41) is 10.4. The average molecular weight is 275 g/mol. The molecule has 0 bridgehead atoms. The molecular formula is C11H9N5O2S. The first-order valence-corrected chi connectivity index (χ1v) is 6.26. The Morgan fingerprint density at radius 2 is 2.16 bits per heavy atom. The van der Waals surface area contributed by atoms with Crippen LogP contribution in [-0.2, 0) is 4.79 Å². The van der Waals surface area contributed by atoms with Crippen molar-refractivity contribution in [3.05, 3.63) is 29.3 Å². The number of nitrogens with zero attached hydrogens (tertiary/aromatic N) is 3. The lowest BCUT2D eigenvalue weighted by Gasteiger charge is -2.28. The van der Waals surface area contributed by atoms with E-state index in [9.17, 15) is 9.59 Å². The van der Waals surface area contributed by atoms with Crippen molar-refractivity contribution < 1.29 is 9.59 Å². The number of amides is 2. The minimum Gasteiger partial charge on any atom is -0.374 e. The van der Waals surface area contributed by atoms with E-state index in [2.05, 4.69) is 15.5 Å². The van der Waals surface area contributed by atoms with Crippen molar-refractivity contribution in [1.29, 1.82) is 0 Å². The molecule has 3 rings (SSSR count). The maximum absolute atomic E-state index is 12.3. The molecule has 1 aliphatic rings. The summed E-state index contributed by atoms with van der Waals surface area (Å²) in [6, 6.07) is 7.08. The van der Waals surface area contributed by atoms with Crippen molar-refractivity contribution in [1.82, 2.24) is 10.2 Å². The number of nitrogens with one attached hydrogen (secondary N) is 1. The van der Waals surface area contributed by atoms with Gasteiger partial charge in [-0.2, -0.15) is 0 Å². The number of hydrogen-bond donors (Lipinski definition) is 2. The quantitative estimate of drug-likeness (QED) is 0.798. The van der Waals surface area contributed by atoms with Gasteiger partial charge in [0.2, 0.25) is 16.0 Å². The Kier molecular flexibility index (Phi) is 2.64. The molecule has 0 radical (unpaired) electrons. The molecule has 0 spiro atoms. The van der Waals surface area contributed by atoms with Gasteiger partial charge in [-0.3, -0.25) is 14.5 Å². The summed E-state index contributed by atoms with van der Waals surface area (Å²) in [6.07, 6.45) is 0. The number of anilines is 3. The zero-order valence-corrected chi connectivity index (χ0v) is 10.5. The number of rotatable bonds is 1. The number of aromatic nitrogens is 2. The predicted octanol–water partition coefficient (Wildman–Crippen LogP) is 0.719. The van der Waals surface area contributed by atoms with Crippen molar-refractivity contribution in [2.45, 2.75) is 0 Å². The van der Waals surface area contributed by atoms with Crippen molar-refractivity contribution in [2.24, 2.45) is 0 Å². The summed E-state index contributed by atoms with van der Waals surface area (Å²) in [4.78, 5) is 25.3. The van der Waals surface area contributed by atoms with Gasteiger partial charge in [-0.1, -0.05) is 23.5 Å². The highest BCUT2D eigenvalue weighted by molar-refractivity contribution is 7.17. The third-order valence-corrected chi connectivity index (χ3v) is 3.38. The zero-order chi connectivity index (χ0) is 13.4. The number of benzene rings is 1. The summed E-state index contributed by atoms with van der Waals surface area (Å²) in [7, 11) is 0. The molecule has 0 saturated carbocycles. The second kappa shape index (κ2) is 4.32. The molecular weight excluding hydrogens is 266 g/mol. The second-order valence-electron chi connectivity index (χ2n) is 3.90. The number of fused-ring (bicyclic) bond motifs is 1. The van der Waals surface area contributed by atoms with Crippen LogP contribution in [0.4, 0.5) is 16.5 Å². The molecule has 96 valence electrons. The minimum atomic E-state index is -0.378. The zero-order valence-electron chi connectivity index (χ0n) is 9.66. The first-order chi connectivity index (χ1) is 9.15. The van der Waals surface area contributed by atoms with Crippen LogP contribution in [0.5, 0.6) is 0 Å². The smallest absolute Gasteiger partial charge is 0.289 e. The van der Waals surface area contributed by atoms with Crippen LogP contribution in [0.2, 0.25) is 0 Å². The molecule has 0 atom stereocenters. The topological polar surface area (TPSA) is 101 Å². The van der Waals surface area contributed by atoms with Crippen molar-refractivity contribution >= 4 is 39.7 Å². The summed E-state index contributed by atoms with van der Waals surface area (Å²) in [5.41, 5.74) is 6.70. The number of carbonyl (C=O) groups excluding carboxylic acids is 2. The molecule has 1 aliphatic heterocycles. The van der Waals surface area contributed by atoms with E-state index in [-0.39, 0.29) is 28.5 Å². The maximum atomic E-state index is 12.3. The van der Waals surface area contributed by atoms with Crippen LogP contribution in [0.15, 0.2) is 24.3 Å². The Labute approximate surface area is 112 Å². The Balaban J connectivity index is 2.01. The third-order valence-electron chi connectivity index (χ3n) is 2.64. The van der Waals surface area contributed by atoms with Gasteiger partial charge in [0.15, 0.2) is 0 Å².